The molecular formula is C30H19BrClN3O3. The van der Waals surface area contributed by atoms with Crippen molar-refractivity contribution < 1.29 is 9.15 Å². The summed E-state index contributed by atoms with van der Waals surface area (Å²) in [7, 11) is 0. The molecule has 0 amide bonds. The Labute approximate surface area is 230 Å². The number of hydrogen-bond acceptors (Lipinski definition) is 5. The zero-order valence-corrected chi connectivity index (χ0v) is 22.2. The molecule has 0 saturated carbocycles. The Hall–Kier alpha value is -4.20. The van der Waals surface area contributed by atoms with Gasteiger partial charge in [0.1, 0.15) is 17.9 Å². The van der Waals surface area contributed by atoms with Crippen LogP contribution in [0.2, 0.25) is 5.02 Å². The number of hydrogen-bond donors (Lipinski definition) is 0. The fourth-order valence-electron chi connectivity index (χ4n) is 4.09. The van der Waals surface area contributed by atoms with Gasteiger partial charge in [-0.1, -0.05) is 60.1 Å². The fourth-order valence-corrected chi connectivity index (χ4v) is 4.79. The number of para-hydroxylation sites is 2. The predicted octanol–water partition coefficient (Wildman–Crippen LogP) is 7.69. The van der Waals surface area contributed by atoms with E-state index in [9.17, 15) is 4.79 Å². The van der Waals surface area contributed by atoms with Crippen LogP contribution < -0.4 is 10.3 Å². The molecule has 6 nitrogen and oxygen atoms in total. The number of aromatic nitrogens is 2. The Morgan fingerprint density at radius 2 is 1.76 bits per heavy atom. The molecule has 6 aromatic rings. The van der Waals surface area contributed by atoms with E-state index in [2.05, 4.69) is 21.0 Å². The topological polar surface area (TPSA) is 69.6 Å². The van der Waals surface area contributed by atoms with Crippen LogP contribution in [0.4, 0.5) is 0 Å². The molecule has 0 fully saturated rings. The predicted molar refractivity (Wildman–Crippen MR) is 154 cm³/mol. The molecule has 38 heavy (non-hydrogen) atoms. The van der Waals surface area contributed by atoms with Crippen LogP contribution in [0.5, 0.6) is 5.75 Å². The summed E-state index contributed by atoms with van der Waals surface area (Å²) in [6, 6.07) is 29.8. The quantitative estimate of drug-likeness (QED) is 0.188. The minimum atomic E-state index is -0.291. The van der Waals surface area contributed by atoms with Gasteiger partial charge in [-0.25, -0.2) is 4.98 Å². The van der Waals surface area contributed by atoms with Crippen LogP contribution in [0, 0.1) is 0 Å². The smallest absolute Gasteiger partial charge is 0.282 e. The van der Waals surface area contributed by atoms with E-state index in [4.69, 9.17) is 25.7 Å². The van der Waals surface area contributed by atoms with Crippen molar-refractivity contribution in [3.05, 3.63) is 128 Å². The molecule has 0 bridgehead atoms. The van der Waals surface area contributed by atoms with Gasteiger partial charge in [-0.15, -0.1) is 0 Å². The molecule has 4 aromatic carbocycles. The summed E-state index contributed by atoms with van der Waals surface area (Å²) in [5.41, 5.74) is 2.64. The molecule has 0 aliphatic heterocycles. The fraction of sp³-hybridized carbons (Fsp3) is 0.0333. The molecule has 6 rings (SSSR count). The van der Waals surface area contributed by atoms with Crippen LogP contribution >= 0.6 is 27.5 Å². The third-order valence-corrected chi connectivity index (χ3v) is 7.01. The van der Waals surface area contributed by atoms with Gasteiger partial charge >= 0.3 is 0 Å². The van der Waals surface area contributed by atoms with E-state index in [0.717, 1.165) is 21.0 Å². The molecule has 186 valence electrons. The van der Waals surface area contributed by atoms with Crippen molar-refractivity contribution in [3.8, 4) is 17.3 Å². The lowest BCUT2D eigenvalue weighted by molar-refractivity contribution is 0.304. The standard InChI is InChI=1S/C30H19BrClN3O3/c31-23-15-19(13-14-27(23)37-18-21-8-1-4-10-24(21)32)17-33-35-29(28-16-20-7-2-6-12-26(20)38-28)34-25-11-5-3-9-22(25)30(35)36/h1-17H,18H2. The Morgan fingerprint density at radius 3 is 2.61 bits per heavy atom. The van der Waals surface area contributed by atoms with Crippen molar-refractivity contribution in [3.63, 3.8) is 0 Å². The highest BCUT2D eigenvalue weighted by Crippen LogP contribution is 2.29. The second-order valence-electron chi connectivity index (χ2n) is 8.53. The highest BCUT2D eigenvalue weighted by atomic mass is 79.9. The third kappa shape index (κ3) is 4.74. The normalized spacial score (nSPS) is 11.5. The summed E-state index contributed by atoms with van der Waals surface area (Å²) in [5.74, 6) is 1.44. The monoisotopic (exact) mass is 583 g/mol. The van der Waals surface area contributed by atoms with Crippen LogP contribution in [0.3, 0.4) is 0 Å². The third-order valence-electron chi connectivity index (χ3n) is 6.02. The minimum absolute atomic E-state index is 0.291. The van der Waals surface area contributed by atoms with E-state index in [1.807, 2.05) is 78.9 Å². The van der Waals surface area contributed by atoms with Crippen molar-refractivity contribution >= 4 is 55.6 Å². The number of fused-ring (bicyclic) bond motifs is 2. The van der Waals surface area contributed by atoms with Gasteiger partial charge < -0.3 is 9.15 Å². The summed E-state index contributed by atoms with van der Waals surface area (Å²) >= 11 is 9.80. The van der Waals surface area contributed by atoms with Crippen molar-refractivity contribution in [2.24, 2.45) is 5.10 Å². The van der Waals surface area contributed by atoms with Crippen molar-refractivity contribution in [1.29, 1.82) is 0 Å². The number of ether oxygens (including phenoxy) is 1. The van der Waals surface area contributed by atoms with Gasteiger partial charge in [-0.05, 0) is 70.0 Å². The number of nitrogens with zero attached hydrogens (tertiary/aromatic N) is 3. The second kappa shape index (κ2) is 10.3. The SMILES string of the molecule is O=c1c2ccccc2nc(-c2cc3ccccc3o2)n1N=Cc1ccc(OCc2ccccc2Cl)c(Br)c1. The van der Waals surface area contributed by atoms with Crippen molar-refractivity contribution in [2.75, 3.05) is 0 Å². The average molecular weight is 585 g/mol. The molecule has 0 radical (unpaired) electrons. The summed E-state index contributed by atoms with van der Waals surface area (Å²) in [5, 5.41) is 6.56. The van der Waals surface area contributed by atoms with Crippen LogP contribution in [0.25, 0.3) is 33.5 Å². The van der Waals surface area contributed by atoms with Gasteiger partial charge in [0, 0.05) is 16.0 Å². The Balaban J connectivity index is 1.35. The first kappa shape index (κ1) is 24.2. The van der Waals surface area contributed by atoms with E-state index in [1.54, 1.807) is 24.4 Å². The molecule has 0 aliphatic carbocycles. The first-order chi connectivity index (χ1) is 18.6. The lowest BCUT2D eigenvalue weighted by Gasteiger charge is -2.10. The van der Waals surface area contributed by atoms with Crippen LogP contribution in [0.1, 0.15) is 11.1 Å². The summed E-state index contributed by atoms with van der Waals surface area (Å²) in [6.07, 6.45) is 1.60. The molecule has 8 heteroatoms. The Kier molecular flexibility index (Phi) is 6.54. The minimum Gasteiger partial charge on any atom is -0.488 e. The highest BCUT2D eigenvalue weighted by Gasteiger charge is 2.16. The molecule has 2 aromatic heterocycles. The lowest BCUT2D eigenvalue weighted by Crippen LogP contribution is -2.20. The average Bonchev–Trinajstić information content (AvgIpc) is 3.37. The van der Waals surface area contributed by atoms with E-state index in [0.29, 0.717) is 45.4 Å². The second-order valence-corrected chi connectivity index (χ2v) is 9.79. The van der Waals surface area contributed by atoms with E-state index in [-0.39, 0.29) is 5.56 Å². The lowest BCUT2D eigenvalue weighted by atomic mass is 10.2. The first-order valence-corrected chi connectivity index (χ1v) is 12.9. The molecule has 2 heterocycles. The van der Waals surface area contributed by atoms with Gasteiger partial charge in [0.15, 0.2) is 5.76 Å². The number of furan rings is 1. The maximum atomic E-state index is 13.5. The number of halogens is 2. The van der Waals surface area contributed by atoms with Crippen molar-refractivity contribution in [2.45, 2.75) is 6.61 Å². The van der Waals surface area contributed by atoms with Crippen LogP contribution in [-0.2, 0) is 6.61 Å². The summed E-state index contributed by atoms with van der Waals surface area (Å²) in [6.45, 7) is 0.338. The maximum absolute atomic E-state index is 13.5. The molecule has 0 unspecified atom stereocenters. The summed E-state index contributed by atoms with van der Waals surface area (Å²) < 4.78 is 14.0. The van der Waals surface area contributed by atoms with Gasteiger partial charge in [-0.2, -0.15) is 9.78 Å². The van der Waals surface area contributed by atoms with Crippen LogP contribution in [-0.4, -0.2) is 15.9 Å². The van der Waals surface area contributed by atoms with Gasteiger partial charge in [-0.3, -0.25) is 4.79 Å². The number of rotatable bonds is 6. The van der Waals surface area contributed by atoms with Crippen LogP contribution in [0.15, 0.2) is 116 Å². The van der Waals surface area contributed by atoms with Gasteiger partial charge in [0.2, 0.25) is 5.82 Å². The molecule has 0 aliphatic rings. The zero-order chi connectivity index (χ0) is 26.1. The molecule has 0 atom stereocenters. The number of benzene rings is 4. The zero-order valence-electron chi connectivity index (χ0n) is 19.8. The van der Waals surface area contributed by atoms with E-state index in [1.165, 1.54) is 4.68 Å². The summed E-state index contributed by atoms with van der Waals surface area (Å²) in [4.78, 5) is 18.2. The molecular weight excluding hydrogens is 566 g/mol. The molecule has 0 saturated heterocycles. The van der Waals surface area contributed by atoms with Crippen molar-refractivity contribution in [1.82, 2.24) is 9.66 Å². The maximum Gasteiger partial charge on any atom is 0.282 e. The first-order valence-electron chi connectivity index (χ1n) is 11.8. The Morgan fingerprint density at radius 1 is 0.974 bits per heavy atom. The largest absolute Gasteiger partial charge is 0.488 e. The Bertz CT molecular complexity index is 1860. The molecule has 0 spiro atoms. The molecule has 0 N–H and O–H groups in total. The van der Waals surface area contributed by atoms with Gasteiger partial charge in [0.25, 0.3) is 5.56 Å². The van der Waals surface area contributed by atoms with E-state index >= 15 is 0 Å². The highest BCUT2D eigenvalue weighted by molar-refractivity contribution is 9.10. The van der Waals surface area contributed by atoms with E-state index < -0.39 is 0 Å². The van der Waals surface area contributed by atoms with Gasteiger partial charge in [0.05, 0.1) is 21.6 Å².